The molecular formula is C21H22FNO3. The van der Waals surface area contributed by atoms with Gasteiger partial charge in [-0.3, -0.25) is 4.79 Å². The number of hydrogen-bond acceptors (Lipinski definition) is 3. The molecule has 1 aromatic carbocycles. The number of benzene rings is 1. The molecule has 1 heterocycles. The Balaban J connectivity index is 1.64. The number of carbonyl (C=O) groups excluding carboxylic acids is 1. The van der Waals surface area contributed by atoms with E-state index in [2.05, 4.69) is 5.92 Å². The van der Waals surface area contributed by atoms with E-state index in [1.807, 2.05) is 0 Å². The topological polar surface area (TPSA) is 42.7 Å². The molecule has 0 radical (unpaired) electrons. The van der Waals surface area contributed by atoms with E-state index in [-0.39, 0.29) is 36.7 Å². The van der Waals surface area contributed by atoms with Crippen LogP contribution in [0.2, 0.25) is 0 Å². The SMILES string of the molecule is C#CCN(C(=O)c1ccc(COc2ccc(F)cc2)o1)C1CCCCC1. The van der Waals surface area contributed by atoms with Gasteiger partial charge >= 0.3 is 0 Å². The zero-order chi connectivity index (χ0) is 18.4. The van der Waals surface area contributed by atoms with E-state index in [0.717, 1.165) is 25.7 Å². The zero-order valence-electron chi connectivity index (χ0n) is 14.6. The van der Waals surface area contributed by atoms with Crippen molar-refractivity contribution in [3.05, 3.63) is 53.7 Å². The molecule has 0 aliphatic heterocycles. The predicted octanol–water partition coefficient (Wildman–Crippen LogP) is 4.41. The Morgan fingerprint density at radius 2 is 1.92 bits per heavy atom. The van der Waals surface area contributed by atoms with Gasteiger partial charge in [0, 0.05) is 6.04 Å². The molecule has 0 N–H and O–H groups in total. The van der Waals surface area contributed by atoms with Crippen molar-refractivity contribution in [1.82, 2.24) is 4.90 Å². The quantitative estimate of drug-likeness (QED) is 0.721. The lowest BCUT2D eigenvalue weighted by atomic mass is 9.94. The third-order valence-electron chi connectivity index (χ3n) is 4.61. The smallest absolute Gasteiger partial charge is 0.290 e. The van der Waals surface area contributed by atoms with Crippen LogP contribution in [0.15, 0.2) is 40.8 Å². The van der Waals surface area contributed by atoms with Crippen molar-refractivity contribution in [2.24, 2.45) is 0 Å². The van der Waals surface area contributed by atoms with Gasteiger partial charge in [0.15, 0.2) is 5.76 Å². The van der Waals surface area contributed by atoms with Crippen molar-refractivity contribution in [1.29, 1.82) is 0 Å². The highest BCUT2D eigenvalue weighted by Crippen LogP contribution is 2.24. The fraction of sp³-hybridized carbons (Fsp3) is 0.381. The van der Waals surface area contributed by atoms with Gasteiger partial charge in [-0.1, -0.05) is 25.2 Å². The number of carbonyl (C=O) groups is 1. The van der Waals surface area contributed by atoms with Crippen LogP contribution in [0, 0.1) is 18.2 Å². The first-order valence-electron chi connectivity index (χ1n) is 8.89. The molecule has 1 saturated carbocycles. The highest BCUT2D eigenvalue weighted by Gasteiger charge is 2.27. The third-order valence-corrected chi connectivity index (χ3v) is 4.61. The van der Waals surface area contributed by atoms with Crippen LogP contribution in [0.3, 0.4) is 0 Å². The van der Waals surface area contributed by atoms with Crippen LogP contribution in [0.25, 0.3) is 0 Å². The Kier molecular flexibility index (Phi) is 5.96. The van der Waals surface area contributed by atoms with Gasteiger partial charge in [0.2, 0.25) is 0 Å². The van der Waals surface area contributed by atoms with Gasteiger partial charge in [0.05, 0.1) is 6.54 Å². The lowest BCUT2D eigenvalue weighted by molar-refractivity contribution is 0.0631. The molecular weight excluding hydrogens is 333 g/mol. The zero-order valence-corrected chi connectivity index (χ0v) is 14.6. The largest absolute Gasteiger partial charge is 0.486 e. The minimum absolute atomic E-state index is 0.164. The van der Waals surface area contributed by atoms with E-state index in [0.29, 0.717) is 11.5 Å². The molecule has 1 amide bonds. The van der Waals surface area contributed by atoms with Gasteiger partial charge in [-0.25, -0.2) is 4.39 Å². The monoisotopic (exact) mass is 355 g/mol. The van der Waals surface area contributed by atoms with Gasteiger partial charge in [-0.15, -0.1) is 6.42 Å². The fourth-order valence-electron chi connectivity index (χ4n) is 3.26. The first-order valence-corrected chi connectivity index (χ1v) is 8.89. The van der Waals surface area contributed by atoms with Crippen LogP contribution in [0.5, 0.6) is 5.75 Å². The molecule has 4 nitrogen and oxygen atoms in total. The summed E-state index contributed by atoms with van der Waals surface area (Å²) in [4.78, 5) is 14.6. The number of furan rings is 1. The number of halogens is 1. The summed E-state index contributed by atoms with van der Waals surface area (Å²) in [5, 5.41) is 0. The molecule has 0 bridgehead atoms. The number of amides is 1. The number of rotatable bonds is 6. The molecule has 26 heavy (non-hydrogen) atoms. The Hall–Kier alpha value is -2.74. The molecule has 1 fully saturated rings. The number of nitrogens with zero attached hydrogens (tertiary/aromatic N) is 1. The van der Waals surface area contributed by atoms with Crippen molar-refractivity contribution in [3.8, 4) is 18.1 Å². The van der Waals surface area contributed by atoms with Crippen molar-refractivity contribution >= 4 is 5.91 Å². The normalized spacial score (nSPS) is 14.6. The van der Waals surface area contributed by atoms with Crippen LogP contribution in [0.4, 0.5) is 4.39 Å². The number of ether oxygens (including phenoxy) is 1. The molecule has 2 aromatic rings. The van der Waals surface area contributed by atoms with Crippen molar-refractivity contribution in [2.75, 3.05) is 6.54 Å². The van der Waals surface area contributed by atoms with E-state index in [9.17, 15) is 9.18 Å². The maximum Gasteiger partial charge on any atom is 0.290 e. The Morgan fingerprint density at radius 1 is 1.19 bits per heavy atom. The van der Waals surface area contributed by atoms with E-state index >= 15 is 0 Å². The molecule has 136 valence electrons. The summed E-state index contributed by atoms with van der Waals surface area (Å²) >= 11 is 0. The minimum atomic E-state index is -0.320. The van der Waals surface area contributed by atoms with Crippen molar-refractivity contribution in [3.63, 3.8) is 0 Å². The molecule has 0 atom stereocenters. The van der Waals surface area contributed by atoms with Gasteiger partial charge in [-0.05, 0) is 49.2 Å². The summed E-state index contributed by atoms with van der Waals surface area (Å²) < 4.78 is 24.1. The molecule has 0 saturated heterocycles. The number of hydrogen-bond donors (Lipinski definition) is 0. The summed E-state index contributed by atoms with van der Waals surface area (Å²) in [6, 6.07) is 9.28. The standard InChI is InChI=1S/C21H22FNO3/c1-2-14-23(17-6-4-3-5-7-17)21(24)20-13-12-19(26-20)15-25-18-10-8-16(22)9-11-18/h1,8-13,17H,3-7,14-15H2. The second kappa shape index (κ2) is 8.57. The average molecular weight is 355 g/mol. The molecule has 1 aliphatic rings. The van der Waals surface area contributed by atoms with Gasteiger partial charge in [0.25, 0.3) is 5.91 Å². The van der Waals surface area contributed by atoms with Crippen molar-refractivity contribution < 1.29 is 18.3 Å². The maximum absolute atomic E-state index is 12.9. The Labute approximate surface area is 152 Å². The molecule has 3 rings (SSSR count). The third kappa shape index (κ3) is 4.45. The number of terminal acetylenes is 1. The predicted molar refractivity (Wildman–Crippen MR) is 96.2 cm³/mol. The molecule has 5 heteroatoms. The lowest BCUT2D eigenvalue weighted by Gasteiger charge is -2.32. The van der Waals surface area contributed by atoms with Crippen LogP contribution in [0.1, 0.15) is 48.4 Å². The minimum Gasteiger partial charge on any atom is -0.486 e. The molecule has 1 aromatic heterocycles. The fourth-order valence-corrected chi connectivity index (χ4v) is 3.26. The van der Waals surface area contributed by atoms with E-state index < -0.39 is 0 Å². The van der Waals surface area contributed by atoms with E-state index in [1.54, 1.807) is 29.2 Å². The molecule has 0 unspecified atom stereocenters. The van der Waals surface area contributed by atoms with Crippen LogP contribution >= 0.6 is 0 Å². The maximum atomic E-state index is 12.9. The Bertz CT molecular complexity index is 769. The van der Waals surface area contributed by atoms with E-state index in [4.69, 9.17) is 15.6 Å². The van der Waals surface area contributed by atoms with Gasteiger partial charge in [0.1, 0.15) is 23.9 Å². The lowest BCUT2D eigenvalue weighted by Crippen LogP contribution is -2.41. The van der Waals surface area contributed by atoms with Crippen LogP contribution in [-0.2, 0) is 6.61 Å². The highest BCUT2D eigenvalue weighted by atomic mass is 19.1. The second-order valence-electron chi connectivity index (χ2n) is 6.44. The second-order valence-corrected chi connectivity index (χ2v) is 6.44. The highest BCUT2D eigenvalue weighted by molar-refractivity contribution is 5.92. The van der Waals surface area contributed by atoms with Crippen LogP contribution < -0.4 is 4.74 Å². The summed E-state index contributed by atoms with van der Waals surface area (Å²) in [6.45, 7) is 0.448. The van der Waals surface area contributed by atoms with Crippen molar-refractivity contribution in [2.45, 2.75) is 44.8 Å². The summed E-state index contributed by atoms with van der Waals surface area (Å²) in [5.74, 6) is 3.41. The molecule has 0 spiro atoms. The Morgan fingerprint density at radius 3 is 2.62 bits per heavy atom. The first kappa shape index (κ1) is 18.1. The average Bonchev–Trinajstić information content (AvgIpc) is 3.15. The summed E-state index contributed by atoms with van der Waals surface area (Å²) in [5.41, 5.74) is 0. The van der Waals surface area contributed by atoms with E-state index in [1.165, 1.54) is 18.6 Å². The summed E-state index contributed by atoms with van der Waals surface area (Å²) in [7, 11) is 0. The molecule has 1 aliphatic carbocycles. The van der Waals surface area contributed by atoms with Gasteiger partial charge in [-0.2, -0.15) is 0 Å². The van der Waals surface area contributed by atoms with Crippen LogP contribution in [-0.4, -0.2) is 23.4 Å². The summed E-state index contributed by atoms with van der Waals surface area (Å²) in [6.07, 6.45) is 10.9. The van der Waals surface area contributed by atoms with Gasteiger partial charge < -0.3 is 14.1 Å². The first-order chi connectivity index (χ1) is 12.7.